The molecule has 0 amide bonds. The van der Waals surface area contributed by atoms with Gasteiger partial charge in [-0.2, -0.15) is 4.68 Å². The van der Waals surface area contributed by atoms with Gasteiger partial charge in [-0.15, -0.1) is 5.10 Å². The third-order valence-electron chi connectivity index (χ3n) is 4.24. The number of aromatic nitrogens is 2. The van der Waals surface area contributed by atoms with Crippen LogP contribution in [0.3, 0.4) is 0 Å². The summed E-state index contributed by atoms with van der Waals surface area (Å²) in [5, 5.41) is 4.17. The summed E-state index contributed by atoms with van der Waals surface area (Å²) in [6, 6.07) is 5.59. The number of esters is 1. The number of piperidine rings is 1. The van der Waals surface area contributed by atoms with Crippen molar-refractivity contribution in [1.29, 1.82) is 0 Å². The number of hydrogen-bond donors (Lipinski definition) is 0. The first kappa shape index (κ1) is 17.3. The first-order valence-electron chi connectivity index (χ1n) is 8.29. The first-order chi connectivity index (χ1) is 12.1. The highest BCUT2D eigenvalue weighted by atomic mass is 19.1. The second-order valence-electron chi connectivity index (χ2n) is 5.97. The summed E-state index contributed by atoms with van der Waals surface area (Å²) < 4.78 is 24.4. The van der Waals surface area contributed by atoms with E-state index >= 15 is 0 Å². The maximum Gasteiger partial charge on any atom is 0.438 e. The second-order valence-corrected chi connectivity index (χ2v) is 5.97. The molecule has 25 heavy (non-hydrogen) atoms. The predicted octanol–water partition coefficient (Wildman–Crippen LogP) is 1.88. The fourth-order valence-corrected chi connectivity index (χ4v) is 2.86. The van der Waals surface area contributed by atoms with E-state index < -0.39 is 5.76 Å². The Morgan fingerprint density at radius 2 is 2.00 bits per heavy atom. The van der Waals surface area contributed by atoms with Crippen LogP contribution >= 0.6 is 0 Å². The number of hydrogen-bond acceptors (Lipinski definition) is 6. The zero-order valence-corrected chi connectivity index (χ0v) is 14.0. The van der Waals surface area contributed by atoms with Gasteiger partial charge in [0.15, 0.2) is 0 Å². The molecular weight excluding hydrogens is 329 g/mol. The molecule has 3 rings (SSSR count). The van der Waals surface area contributed by atoms with Crippen molar-refractivity contribution in [1.82, 2.24) is 14.7 Å². The third kappa shape index (κ3) is 4.14. The van der Waals surface area contributed by atoms with Crippen LogP contribution in [0.5, 0.6) is 0 Å². The molecule has 0 saturated carbocycles. The molecule has 1 aliphatic rings. The average Bonchev–Trinajstić information content (AvgIpc) is 2.97. The van der Waals surface area contributed by atoms with Crippen LogP contribution in [0.25, 0.3) is 11.5 Å². The Balaban J connectivity index is 1.62. The standard InChI is InChI=1S/C17H20FN3O4/c1-2-24-16(22)13-7-9-20(10-8-13)11-21-17(23)25-15(19-21)12-3-5-14(18)6-4-12/h3-6,13H,2,7-11H2,1H3. The van der Waals surface area contributed by atoms with Gasteiger partial charge < -0.3 is 9.15 Å². The van der Waals surface area contributed by atoms with Gasteiger partial charge in [0, 0.05) is 18.7 Å². The molecule has 8 heteroatoms. The Kier molecular flexibility index (Phi) is 5.28. The van der Waals surface area contributed by atoms with Gasteiger partial charge in [-0.25, -0.2) is 9.18 Å². The average molecular weight is 349 g/mol. The van der Waals surface area contributed by atoms with Gasteiger partial charge >= 0.3 is 11.7 Å². The lowest BCUT2D eigenvalue weighted by molar-refractivity contribution is -0.149. The summed E-state index contributed by atoms with van der Waals surface area (Å²) in [6.07, 6.45) is 1.38. The van der Waals surface area contributed by atoms with Crippen LogP contribution in [-0.2, 0) is 16.2 Å². The summed E-state index contributed by atoms with van der Waals surface area (Å²) in [4.78, 5) is 25.8. The van der Waals surface area contributed by atoms with E-state index in [0.717, 1.165) is 0 Å². The molecule has 0 spiro atoms. The van der Waals surface area contributed by atoms with Gasteiger partial charge in [0.25, 0.3) is 0 Å². The summed E-state index contributed by atoms with van der Waals surface area (Å²) in [6.45, 7) is 3.82. The molecule has 0 bridgehead atoms. The Labute approximate surface area is 144 Å². The molecule has 0 unspecified atom stereocenters. The molecule has 2 aromatic rings. The molecule has 0 aliphatic carbocycles. The molecule has 0 atom stereocenters. The highest BCUT2D eigenvalue weighted by Crippen LogP contribution is 2.19. The molecular formula is C17H20FN3O4. The number of nitrogens with zero attached hydrogens (tertiary/aromatic N) is 3. The fraction of sp³-hybridized carbons (Fsp3) is 0.471. The Bertz CT molecular complexity index is 776. The van der Waals surface area contributed by atoms with E-state index in [4.69, 9.17) is 9.15 Å². The lowest BCUT2D eigenvalue weighted by atomic mass is 9.97. The monoisotopic (exact) mass is 349 g/mol. The Morgan fingerprint density at radius 1 is 1.32 bits per heavy atom. The van der Waals surface area contributed by atoms with Gasteiger partial charge in [-0.05, 0) is 44.0 Å². The molecule has 1 saturated heterocycles. The van der Waals surface area contributed by atoms with Crippen molar-refractivity contribution >= 4 is 5.97 Å². The number of rotatable bonds is 5. The van der Waals surface area contributed by atoms with Crippen molar-refractivity contribution in [3.63, 3.8) is 0 Å². The van der Waals surface area contributed by atoms with Crippen LogP contribution in [0.2, 0.25) is 0 Å². The summed E-state index contributed by atoms with van der Waals surface area (Å²) >= 11 is 0. The molecule has 1 aromatic carbocycles. The number of ether oxygens (including phenoxy) is 1. The second kappa shape index (κ2) is 7.60. The number of halogens is 1. The maximum absolute atomic E-state index is 13.0. The molecule has 1 aliphatic heterocycles. The van der Waals surface area contributed by atoms with Crippen molar-refractivity contribution in [3.05, 3.63) is 40.6 Å². The minimum absolute atomic E-state index is 0.0833. The van der Waals surface area contributed by atoms with Crippen molar-refractivity contribution in [3.8, 4) is 11.5 Å². The Hall–Kier alpha value is -2.48. The topological polar surface area (TPSA) is 77.6 Å². The number of carbonyl (C=O) groups excluding carboxylic acids is 1. The van der Waals surface area contributed by atoms with E-state index in [-0.39, 0.29) is 23.6 Å². The van der Waals surface area contributed by atoms with Crippen LogP contribution in [0.1, 0.15) is 19.8 Å². The quantitative estimate of drug-likeness (QED) is 0.767. The fourth-order valence-electron chi connectivity index (χ4n) is 2.86. The normalized spacial score (nSPS) is 16.1. The van der Waals surface area contributed by atoms with Gasteiger partial charge in [-0.3, -0.25) is 9.69 Å². The predicted molar refractivity (Wildman–Crippen MR) is 87.1 cm³/mol. The van der Waals surface area contributed by atoms with Gasteiger partial charge in [-0.1, -0.05) is 0 Å². The molecule has 0 N–H and O–H groups in total. The van der Waals surface area contributed by atoms with Gasteiger partial charge in [0.2, 0.25) is 5.89 Å². The molecule has 2 heterocycles. The van der Waals surface area contributed by atoms with Crippen LogP contribution in [0.15, 0.2) is 33.5 Å². The smallest absolute Gasteiger partial charge is 0.438 e. The van der Waals surface area contributed by atoms with E-state index in [1.807, 2.05) is 4.90 Å². The van der Waals surface area contributed by atoms with Crippen molar-refractivity contribution < 1.29 is 18.3 Å². The minimum Gasteiger partial charge on any atom is -0.466 e. The number of carbonyl (C=O) groups is 1. The van der Waals surface area contributed by atoms with Crippen molar-refractivity contribution in [2.45, 2.75) is 26.4 Å². The summed E-state index contributed by atoms with van der Waals surface area (Å²) in [5.74, 6) is -1.01. The lowest BCUT2D eigenvalue weighted by Gasteiger charge is -2.29. The lowest BCUT2D eigenvalue weighted by Crippen LogP contribution is -2.39. The molecule has 0 radical (unpaired) electrons. The molecule has 1 aromatic heterocycles. The first-order valence-corrected chi connectivity index (χ1v) is 8.29. The van der Waals surface area contributed by atoms with Crippen LogP contribution in [-0.4, -0.2) is 40.3 Å². The molecule has 134 valence electrons. The SMILES string of the molecule is CCOC(=O)C1CCN(Cn2nc(-c3ccc(F)cc3)oc2=O)CC1. The zero-order chi connectivity index (χ0) is 17.8. The maximum atomic E-state index is 13.0. The summed E-state index contributed by atoms with van der Waals surface area (Å²) in [7, 11) is 0. The van der Waals surface area contributed by atoms with E-state index in [9.17, 15) is 14.0 Å². The van der Waals surface area contributed by atoms with Crippen molar-refractivity contribution in [2.24, 2.45) is 5.92 Å². The van der Waals surface area contributed by atoms with E-state index in [1.165, 1.54) is 28.9 Å². The van der Waals surface area contributed by atoms with Gasteiger partial charge in [0.1, 0.15) is 12.5 Å². The van der Waals surface area contributed by atoms with E-state index in [0.29, 0.717) is 44.8 Å². The highest BCUT2D eigenvalue weighted by molar-refractivity contribution is 5.72. The van der Waals surface area contributed by atoms with E-state index in [2.05, 4.69) is 5.10 Å². The van der Waals surface area contributed by atoms with Crippen LogP contribution < -0.4 is 5.76 Å². The highest BCUT2D eigenvalue weighted by Gasteiger charge is 2.26. The van der Waals surface area contributed by atoms with Crippen LogP contribution in [0.4, 0.5) is 4.39 Å². The van der Waals surface area contributed by atoms with Gasteiger partial charge in [0.05, 0.1) is 12.5 Å². The van der Waals surface area contributed by atoms with Crippen LogP contribution in [0, 0.1) is 11.7 Å². The number of likely N-dealkylation sites (tertiary alicyclic amines) is 1. The Morgan fingerprint density at radius 3 is 2.64 bits per heavy atom. The third-order valence-corrected chi connectivity index (χ3v) is 4.24. The summed E-state index contributed by atoms with van der Waals surface area (Å²) in [5.41, 5.74) is 0.540. The number of benzene rings is 1. The largest absolute Gasteiger partial charge is 0.466 e. The van der Waals surface area contributed by atoms with Crippen molar-refractivity contribution in [2.75, 3.05) is 19.7 Å². The molecule has 1 fully saturated rings. The zero-order valence-electron chi connectivity index (χ0n) is 14.0. The minimum atomic E-state index is -0.563. The molecule has 7 nitrogen and oxygen atoms in total. The van der Waals surface area contributed by atoms with E-state index in [1.54, 1.807) is 6.92 Å².